The van der Waals surface area contributed by atoms with Crippen LogP contribution in [0, 0.1) is 5.82 Å². The zero-order valence-electron chi connectivity index (χ0n) is 7.59. The van der Waals surface area contributed by atoms with Crippen LogP contribution >= 0.6 is 0 Å². The lowest BCUT2D eigenvalue weighted by Crippen LogP contribution is -2.11. The summed E-state index contributed by atoms with van der Waals surface area (Å²) in [4.78, 5) is 11.1. The molecule has 0 saturated carbocycles. The number of benzene rings is 1. The highest BCUT2D eigenvalue weighted by Crippen LogP contribution is 2.17. The van der Waals surface area contributed by atoms with E-state index in [0.717, 1.165) is 0 Å². The van der Waals surface area contributed by atoms with E-state index < -0.39 is 5.82 Å². The van der Waals surface area contributed by atoms with Gasteiger partial charge in [0.05, 0.1) is 5.69 Å². The minimum Gasteiger partial charge on any atom is -0.399 e. The lowest BCUT2D eigenvalue weighted by atomic mass is 10.2. The van der Waals surface area contributed by atoms with Crippen molar-refractivity contribution in [1.29, 1.82) is 0 Å². The third-order valence-electron chi connectivity index (χ3n) is 1.59. The minimum absolute atomic E-state index is 0.0943. The molecule has 0 aliphatic rings. The molecule has 0 heterocycles. The molecule has 0 aromatic heterocycles. The second kappa shape index (κ2) is 4.41. The quantitative estimate of drug-likeness (QED) is 0.570. The van der Waals surface area contributed by atoms with Crippen molar-refractivity contribution in [3.8, 4) is 0 Å². The van der Waals surface area contributed by atoms with Crippen molar-refractivity contribution in [3.05, 3.63) is 36.7 Å². The van der Waals surface area contributed by atoms with E-state index in [1.165, 1.54) is 24.3 Å². The van der Waals surface area contributed by atoms with Crippen molar-refractivity contribution in [2.24, 2.45) is 0 Å². The van der Waals surface area contributed by atoms with Crippen molar-refractivity contribution < 1.29 is 9.18 Å². The van der Waals surface area contributed by atoms with Gasteiger partial charge < -0.3 is 11.1 Å². The Morgan fingerprint density at radius 2 is 2.36 bits per heavy atom. The van der Waals surface area contributed by atoms with Gasteiger partial charge >= 0.3 is 0 Å². The van der Waals surface area contributed by atoms with Crippen LogP contribution < -0.4 is 11.1 Å². The van der Waals surface area contributed by atoms with E-state index in [2.05, 4.69) is 11.9 Å². The first kappa shape index (κ1) is 10.2. The van der Waals surface area contributed by atoms with Gasteiger partial charge in [0.15, 0.2) is 0 Å². The summed E-state index contributed by atoms with van der Waals surface area (Å²) < 4.78 is 13.1. The van der Waals surface area contributed by atoms with E-state index in [9.17, 15) is 9.18 Å². The molecular formula is C10H11FN2O. The molecule has 0 fully saturated rings. The van der Waals surface area contributed by atoms with Crippen LogP contribution in [-0.4, -0.2) is 5.91 Å². The summed E-state index contributed by atoms with van der Waals surface area (Å²) in [6.07, 6.45) is 1.59. The Kier molecular flexibility index (Phi) is 3.23. The van der Waals surface area contributed by atoms with Crippen LogP contribution in [0.4, 0.5) is 15.8 Å². The smallest absolute Gasteiger partial charge is 0.228 e. The Morgan fingerprint density at radius 1 is 1.64 bits per heavy atom. The van der Waals surface area contributed by atoms with Crippen molar-refractivity contribution in [2.75, 3.05) is 11.1 Å². The van der Waals surface area contributed by atoms with Crippen LogP contribution in [0.3, 0.4) is 0 Å². The summed E-state index contributed by atoms with van der Waals surface area (Å²) in [6, 6.07) is 4.01. The molecule has 1 amide bonds. The number of amides is 1. The summed E-state index contributed by atoms with van der Waals surface area (Å²) in [5, 5.41) is 2.39. The molecule has 1 rings (SSSR count). The molecule has 1 aromatic carbocycles. The first-order valence-electron chi connectivity index (χ1n) is 4.09. The SMILES string of the molecule is C=CCC(=O)Nc1cc(N)ccc1F. The topological polar surface area (TPSA) is 55.1 Å². The third-order valence-corrected chi connectivity index (χ3v) is 1.59. The second-order valence-corrected chi connectivity index (χ2v) is 2.78. The molecule has 0 saturated heterocycles. The molecule has 0 radical (unpaired) electrons. The molecule has 14 heavy (non-hydrogen) atoms. The van der Waals surface area contributed by atoms with Crippen LogP contribution in [0.25, 0.3) is 0 Å². The van der Waals surface area contributed by atoms with Gasteiger partial charge in [0.2, 0.25) is 5.91 Å². The van der Waals surface area contributed by atoms with E-state index in [-0.39, 0.29) is 18.0 Å². The summed E-state index contributed by atoms with van der Waals surface area (Å²) in [5.41, 5.74) is 5.94. The molecule has 3 nitrogen and oxygen atoms in total. The van der Waals surface area contributed by atoms with Crippen molar-refractivity contribution in [2.45, 2.75) is 6.42 Å². The highest BCUT2D eigenvalue weighted by molar-refractivity contribution is 5.92. The average Bonchev–Trinajstić information content (AvgIpc) is 2.12. The number of nitrogens with two attached hydrogens (primary N) is 1. The van der Waals surface area contributed by atoms with Crippen molar-refractivity contribution in [3.63, 3.8) is 0 Å². The number of nitrogen functional groups attached to an aromatic ring is 1. The van der Waals surface area contributed by atoms with E-state index >= 15 is 0 Å². The van der Waals surface area contributed by atoms with Gasteiger partial charge in [-0.15, -0.1) is 6.58 Å². The molecule has 74 valence electrons. The maximum Gasteiger partial charge on any atom is 0.228 e. The highest BCUT2D eigenvalue weighted by Gasteiger charge is 2.05. The molecule has 1 aromatic rings. The van der Waals surface area contributed by atoms with Gasteiger partial charge in [-0.05, 0) is 18.2 Å². The van der Waals surface area contributed by atoms with E-state index in [4.69, 9.17) is 5.73 Å². The van der Waals surface area contributed by atoms with E-state index in [0.29, 0.717) is 5.69 Å². The van der Waals surface area contributed by atoms with Crippen LogP contribution in [0.2, 0.25) is 0 Å². The number of halogens is 1. The number of carbonyl (C=O) groups is 1. The van der Waals surface area contributed by atoms with Gasteiger partial charge in [-0.25, -0.2) is 4.39 Å². The molecule has 4 heteroatoms. The lowest BCUT2D eigenvalue weighted by Gasteiger charge is -2.05. The van der Waals surface area contributed by atoms with Crippen molar-refractivity contribution >= 4 is 17.3 Å². The monoisotopic (exact) mass is 194 g/mol. The Labute approximate surface area is 81.4 Å². The van der Waals surface area contributed by atoms with Crippen LogP contribution in [-0.2, 0) is 4.79 Å². The van der Waals surface area contributed by atoms with Crippen molar-refractivity contribution in [1.82, 2.24) is 0 Å². The fourth-order valence-corrected chi connectivity index (χ4v) is 0.971. The van der Waals surface area contributed by atoms with Gasteiger partial charge in [0.25, 0.3) is 0 Å². The molecule has 0 atom stereocenters. The number of hydrogen-bond acceptors (Lipinski definition) is 2. The fourth-order valence-electron chi connectivity index (χ4n) is 0.971. The Bertz CT molecular complexity index is 363. The van der Waals surface area contributed by atoms with Gasteiger partial charge in [0.1, 0.15) is 5.82 Å². The summed E-state index contributed by atoms with van der Waals surface area (Å²) in [5.74, 6) is -0.818. The predicted octanol–water partition coefficient (Wildman–Crippen LogP) is 1.92. The summed E-state index contributed by atoms with van der Waals surface area (Å²) >= 11 is 0. The molecule has 0 aliphatic carbocycles. The number of rotatable bonds is 3. The Balaban J connectivity index is 2.80. The lowest BCUT2D eigenvalue weighted by molar-refractivity contribution is -0.115. The minimum atomic E-state index is -0.503. The summed E-state index contributed by atoms with van der Waals surface area (Å²) in [7, 11) is 0. The third kappa shape index (κ3) is 2.58. The van der Waals surface area contributed by atoms with Crippen LogP contribution in [0.5, 0.6) is 0 Å². The van der Waals surface area contributed by atoms with E-state index in [1.54, 1.807) is 0 Å². The number of nitrogens with one attached hydrogen (secondary N) is 1. The average molecular weight is 194 g/mol. The zero-order valence-corrected chi connectivity index (χ0v) is 7.59. The largest absolute Gasteiger partial charge is 0.399 e. The van der Waals surface area contributed by atoms with Gasteiger partial charge in [-0.3, -0.25) is 4.79 Å². The highest BCUT2D eigenvalue weighted by atomic mass is 19.1. The maximum absolute atomic E-state index is 13.1. The maximum atomic E-state index is 13.1. The van der Waals surface area contributed by atoms with Gasteiger partial charge in [-0.2, -0.15) is 0 Å². The molecule has 0 aliphatic heterocycles. The first-order valence-corrected chi connectivity index (χ1v) is 4.09. The standard InChI is InChI=1S/C10H11FN2O/c1-2-3-10(14)13-9-6-7(12)4-5-8(9)11/h2,4-6H,1,3,12H2,(H,13,14). The van der Waals surface area contributed by atoms with E-state index in [1.807, 2.05) is 0 Å². The van der Waals surface area contributed by atoms with Gasteiger partial charge in [-0.1, -0.05) is 6.08 Å². The number of hydrogen-bond donors (Lipinski definition) is 2. The second-order valence-electron chi connectivity index (χ2n) is 2.78. The number of carbonyl (C=O) groups excluding carboxylic acids is 1. The molecule has 3 N–H and O–H groups in total. The van der Waals surface area contributed by atoms with Gasteiger partial charge in [0, 0.05) is 12.1 Å². The summed E-state index contributed by atoms with van der Waals surface area (Å²) in [6.45, 7) is 3.40. The Hall–Kier alpha value is -1.84. The molecule has 0 unspecified atom stereocenters. The fraction of sp³-hybridized carbons (Fsp3) is 0.100. The predicted molar refractivity (Wildman–Crippen MR) is 54.3 cm³/mol. The Morgan fingerprint density at radius 3 is 3.00 bits per heavy atom. The molecule has 0 bridgehead atoms. The normalized spacial score (nSPS) is 9.50. The number of anilines is 2. The molecule has 0 spiro atoms. The first-order chi connectivity index (χ1) is 6.63. The van der Waals surface area contributed by atoms with Crippen LogP contribution in [0.15, 0.2) is 30.9 Å². The molecular weight excluding hydrogens is 183 g/mol. The van der Waals surface area contributed by atoms with Crippen LogP contribution in [0.1, 0.15) is 6.42 Å². The zero-order chi connectivity index (χ0) is 10.6.